The SMILES string of the molecule is O=C(O)C1OC1C(=O)Oc1ccc([N+](=O)[O-])cc1. The van der Waals surface area contributed by atoms with Crippen molar-refractivity contribution in [3.63, 3.8) is 0 Å². The Bertz CT molecular complexity index is 509. The number of ether oxygens (including phenoxy) is 2. The van der Waals surface area contributed by atoms with Crippen molar-refractivity contribution < 1.29 is 29.1 Å². The zero-order chi connectivity index (χ0) is 13.3. The van der Waals surface area contributed by atoms with E-state index >= 15 is 0 Å². The summed E-state index contributed by atoms with van der Waals surface area (Å²) in [5.74, 6) is -1.98. The molecule has 8 nitrogen and oxygen atoms in total. The first kappa shape index (κ1) is 12.0. The molecule has 2 atom stereocenters. The Hall–Kier alpha value is -2.48. The largest absolute Gasteiger partial charge is 0.479 e. The maximum Gasteiger partial charge on any atom is 0.344 e. The smallest absolute Gasteiger partial charge is 0.344 e. The standard InChI is InChI=1S/C10H7NO7/c12-9(13)7-8(18-7)10(14)17-6-3-1-5(2-4-6)11(15)16/h1-4,7-8H,(H,12,13). The van der Waals surface area contributed by atoms with Gasteiger partial charge in [-0.05, 0) is 12.1 Å². The summed E-state index contributed by atoms with van der Waals surface area (Å²) in [6.45, 7) is 0. The Morgan fingerprint density at radius 3 is 2.33 bits per heavy atom. The number of non-ortho nitro benzene ring substituents is 1. The van der Waals surface area contributed by atoms with Crippen molar-refractivity contribution in [1.82, 2.24) is 0 Å². The van der Waals surface area contributed by atoms with Crippen LogP contribution in [0.3, 0.4) is 0 Å². The van der Waals surface area contributed by atoms with Crippen LogP contribution >= 0.6 is 0 Å². The average molecular weight is 253 g/mol. The van der Waals surface area contributed by atoms with Crippen molar-refractivity contribution in [2.75, 3.05) is 0 Å². The summed E-state index contributed by atoms with van der Waals surface area (Å²) >= 11 is 0. The summed E-state index contributed by atoms with van der Waals surface area (Å²) in [7, 11) is 0. The number of epoxide rings is 1. The lowest BCUT2D eigenvalue weighted by molar-refractivity contribution is -0.384. The molecule has 1 N–H and O–H groups in total. The Morgan fingerprint density at radius 1 is 1.28 bits per heavy atom. The minimum absolute atomic E-state index is 0.0882. The van der Waals surface area contributed by atoms with E-state index in [-0.39, 0.29) is 11.4 Å². The van der Waals surface area contributed by atoms with Gasteiger partial charge in [-0.15, -0.1) is 0 Å². The molecule has 1 saturated heterocycles. The van der Waals surface area contributed by atoms with Crippen LogP contribution in [0, 0.1) is 10.1 Å². The van der Waals surface area contributed by atoms with Crippen molar-refractivity contribution in [2.45, 2.75) is 12.2 Å². The van der Waals surface area contributed by atoms with Crippen LogP contribution in [-0.4, -0.2) is 34.2 Å². The fourth-order valence-corrected chi connectivity index (χ4v) is 1.29. The minimum Gasteiger partial charge on any atom is -0.479 e. The molecule has 8 heteroatoms. The maximum atomic E-state index is 11.4. The topological polar surface area (TPSA) is 119 Å². The molecule has 1 heterocycles. The number of nitro benzene ring substituents is 1. The number of carboxylic acids is 1. The van der Waals surface area contributed by atoms with Gasteiger partial charge in [0.2, 0.25) is 0 Å². The molecule has 1 aromatic rings. The summed E-state index contributed by atoms with van der Waals surface area (Å²) in [5, 5.41) is 18.9. The van der Waals surface area contributed by atoms with Gasteiger partial charge in [0.1, 0.15) is 5.75 Å². The quantitative estimate of drug-likeness (QED) is 0.270. The van der Waals surface area contributed by atoms with Crippen molar-refractivity contribution >= 4 is 17.6 Å². The molecular formula is C10H7NO7. The molecule has 1 aliphatic rings. The van der Waals surface area contributed by atoms with E-state index < -0.39 is 29.1 Å². The van der Waals surface area contributed by atoms with E-state index in [2.05, 4.69) is 4.74 Å². The number of nitrogens with zero attached hydrogens (tertiary/aromatic N) is 1. The van der Waals surface area contributed by atoms with Crippen LogP contribution in [0.5, 0.6) is 5.75 Å². The molecule has 2 unspecified atom stereocenters. The van der Waals surface area contributed by atoms with E-state index in [0.717, 1.165) is 0 Å². The molecule has 18 heavy (non-hydrogen) atoms. The predicted molar refractivity (Wildman–Crippen MR) is 55.0 cm³/mol. The molecule has 0 aliphatic carbocycles. The van der Waals surface area contributed by atoms with E-state index in [4.69, 9.17) is 9.84 Å². The number of benzene rings is 1. The fourth-order valence-electron chi connectivity index (χ4n) is 1.29. The number of hydrogen-bond donors (Lipinski definition) is 1. The highest BCUT2D eigenvalue weighted by molar-refractivity contribution is 5.90. The van der Waals surface area contributed by atoms with Crippen LogP contribution in [0.2, 0.25) is 0 Å². The second-order valence-corrected chi connectivity index (χ2v) is 3.49. The maximum absolute atomic E-state index is 11.4. The van der Waals surface area contributed by atoms with E-state index in [1.807, 2.05) is 0 Å². The Morgan fingerprint density at radius 2 is 1.89 bits per heavy atom. The van der Waals surface area contributed by atoms with Gasteiger partial charge in [-0.25, -0.2) is 9.59 Å². The third-order valence-electron chi connectivity index (χ3n) is 2.23. The zero-order valence-electron chi connectivity index (χ0n) is 8.81. The lowest BCUT2D eigenvalue weighted by atomic mass is 10.3. The summed E-state index contributed by atoms with van der Waals surface area (Å²) in [5.41, 5.74) is -0.138. The monoisotopic (exact) mass is 253 g/mol. The number of carbonyl (C=O) groups excluding carboxylic acids is 1. The van der Waals surface area contributed by atoms with Gasteiger partial charge in [-0.2, -0.15) is 0 Å². The first-order chi connectivity index (χ1) is 8.49. The number of carboxylic acid groups (broad SMARTS) is 1. The van der Waals surface area contributed by atoms with Gasteiger partial charge in [-0.1, -0.05) is 0 Å². The number of aliphatic carboxylic acids is 1. The molecule has 1 aromatic carbocycles. The molecule has 2 rings (SSSR count). The highest BCUT2D eigenvalue weighted by Gasteiger charge is 2.52. The molecule has 1 aliphatic heterocycles. The molecule has 94 valence electrons. The number of esters is 1. The molecule has 0 bridgehead atoms. The van der Waals surface area contributed by atoms with Gasteiger partial charge >= 0.3 is 11.9 Å². The van der Waals surface area contributed by atoms with Crippen LogP contribution in [-0.2, 0) is 14.3 Å². The van der Waals surface area contributed by atoms with Crippen LogP contribution < -0.4 is 4.74 Å². The second-order valence-electron chi connectivity index (χ2n) is 3.49. The van der Waals surface area contributed by atoms with Crippen LogP contribution in [0.25, 0.3) is 0 Å². The third kappa shape index (κ3) is 2.43. The van der Waals surface area contributed by atoms with Crippen molar-refractivity contribution in [2.24, 2.45) is 0 Å². The zero-order valence-corrected chi connectivity index (χ0v) is 8.81. The van der Waals surface area contributed by atoms with Gasteiger partial charge in [0.15, 0.2) is 12.2 Å². The Labute approximate surface area is 99.9 Å². The lowest BCUT2D eigenvalue weighted by Crippen LogP contribution is -2.20. The van der Waals surface area contributed by atoms with Crippen molar-refractivity contribution in [3.05, 3.63) is 34.4 Å². The summed E-state index contributed by atoms with van der Waals surface area (Å²) in [6.07, 6.45) is -2.28. The summed E-state index contributed by atoms with van der Waals surface area (Å²) < 4.78 is 9.40. The number of nitro groups is 1. The average Bonchev–Trinajstić information content (AvgIpc) is 3.09. The van der Waals surface area contributed by atoms with Crippen LogP contribution in [0.1, 0.15) is 0 Å². The third-order valence-corrected chi connectivity index (χ3v) is 2.23. The summed E-state index contributed by atoms with van der Waals surface area (Å²) in [6, 6.07) is 4.83. The Kier molecular flexibility index (Phi) is 2.94. The molecule has 0 spiro atoms. The highest BCUT2D eigenvalue weighted by atomic mass is 16.7. The highest BCUT2D eigenvalue weighted by Crippen LogP contribution is 2.25. The van der Waals surface area contributed by atoms with Crippen LogP contribution in [0.15, 0.2) is 24.3 Å². The van der Waals surface area contributed by atoms with E-state index in [1.165, 1.54) is 24.3 Å². The first-order valence-corrected chi connectivity index (χ1v) is 4.83. The molecule has 0 amide bonds. The summed E-state index contributed by atoms with van der Waals surface area (Å²) in [4.78, 5) is 31.6. The lowest BCUT2D eigenvalue weighted by Gasteiger charge is -2.01. The van der Waals surface area contributed by atoms with Gasteiger partial charge < -0.3 is 14.6 Å². The predicted octanol–water partition coefficient (Wildman–Crippen LogP) is 0.352. The van der Waals surface area contributed by atoms with Crippen molar-refractivity contribution in [1.29, 1.82) is 0 Å². The minimum atomic E-state index is -1.24. The van der Waals surface area contributed by atoms with Gasteiger partial charge in [0, 0.05) is 12.1 Å². The molecule has 1 fully saturated rings. The van der Waals surface area contributed by atoms with Gasteiger partial charge in [0.25, 0.3) is 5.69 Å². The van der Waals surface area contributed by atoms with E-state index in [1.54, 1.807) is 0 Å². The van der Waals surface area contributed by atoms with E-state index in [9.17, 15) is 19.7 Å². The Balaban J connectivity index is 1.96. The second kappa shape index (κ2) is 4.41. The van der Waals surface area contributed by atoms with Gasteiger partial charge in [-0.3, -0.25) is 10.1 Å². The molecule has 0 aromatic heterocycles. The van der Waals surface area contributed by atoms with E-state index in [0.29, 0.717) is 0 Å². The fraction of sp³-hybridized carbons (Fsp3) is 0.200. The number of rotatable bonds is 4. The van der Waals surface area contributed by atoms with Gasteiger partial charge in [0.05, 0.1) is 4.92 Å². The molecular weight excluding hydrogens is 246 g/mol. The van der Waals surface area contributed by atoms with Crippen LogP contribution in [0.4, 0.5) is 5.69 Å². The molecule has 0 saturated carbocycles. The number of hydrogen-bond acceptors (Lipinski definition) is 6. The normalized spacial score (nSPS) is 21.1. The first-order valence-electron chi connectivity index (χ1n) is 4.83. The number of carbonyl (C=O) groups is 2. The van der Waals surface area contributed by atoms with Crippen molar-refractivity contribution in [3.8, 4) is 5.75 Å². The molecule has 0 radical (unpaired) electrons.